The second-order valence-corrected chi connectivity index (χ2v) is 5.67. The van der Waals surface area contributed by atoms with Crippen molar-refractivity contribution in [3.63, 3.8) is 0 Å². The van der Waals surface area contributed by atoms with Crippen molar-refractivity contribution in [2.75, 3.05) is 25.1 Å². The van der Waals surface area contributed by atoms with E-state index in [4.69, 9.17) is 21.4 Å². The predicted molar refractivity (Wildman–Crippen MR) is 84.9 cm³/mol. The molecule has 2 N–H and O–H groups in total. The summed E-state index contributed by atoms with van der Waals surface area (Å²) in [4.78, 5) is 4.29. The van der Waals surface area contributed by atoms with E-state index in [9.17, 15) is 0 Å². The number of aromatic nitrogens is 3. The van der Waals surface area contributed by atoms with Crippen LogP contribution in [0.25, 0.3) is 11.1 Å². The van der Waals surface area contributed by atoms with Crippen LogP contribution in [-0.4, -0.2) is 39.6 Å². The Morgan fingerprint density at radius 1 is 1.41 bits per heavy atom. The molecule has 1 fully saturated rings. The lowest BCUT2D eigenvalue weighted by atomic mass is 10.1. The van der Waals surface area contributed by atoms with Crippen molar-refractivity contribution < 1.29 is 9.84 Å². The lowest BCUT2D eigenvalue weighted by Crippen LogP contribution is -2.18. The number of hydrogen-bond acceptors (Lipinski definition) is 5. The Morgan fingerprint density at radius 3 is 3.09 bits per heavy atom. The molecule has 6 nitrogen and oxygen atoms in total. The third kappa shape index (κ3) is 3.40. The number of nitrogens with zero attached hydrogens (tertiary/aromatic N) is 3. The van der Waals surface area contributed by atoms with Gasteiger partial charge >= 0.3 is 0 Å². The van der Waals surface area contributed by atoms with Crippen molar-refractivity contribution in [1.82, 2.24) is 14.8 Å². The molecule has 0 radical (unpaired) electrons. The van der Waals surface area contributed by atoms with Crippen LogP contribution in [0.2, 0.25) is 5.02 Å². The van der Waals surface area contributed by atoms with E-state index >= 15 is 0 Å². The van der Waals surface area contributed by atoms with Crippen molar-refractivity contribution in [2.24, 2.45) is 0 Å². The van der Waals surface area contributed by atoms with Crippen LogP contribution in [0, 0.1) is 0 Å². The van der Waals surface area contributed by atoms with Gasteiger partial charge in [-0.1, -0.05) is 11.6 Å². The van der Waals surface area contributed by atoms with E-state index < -0.39 is 0 Å². The van der Waals surface area contributed by atoms with Crippen LogP contribution < -0.4 is 5.32 Å². The van der Waals surface area contributed by atoms with E-state index in [2.05, 4.69) is 15.4 Å². The Hall–Kier alpha value is -1.63. The minimum Gasteiger partial charge on any atom is -0.395 e. The van der Waals surface area contributed by atoms with Crippen LogP contribution in [-0.2, 0) is 4.74 Å². The van der Waals surface area contributed by atoms with Crippen LogP contribution in [0.5, 0.6) is 0 Å². The average Bonchev–Trinajstić information content (AvgIpc) is 3.04. The summed E-state index contributed by atoms with van der Waals surface area (Å²) < 4.78 is 7.59. The predicted octanol–water partition coefficient (Wildman–Crippen LogP) is 2.70. The summed E-state index contributed by atoms with van der Waals surface area (Å²) in [6.45, 7) is 1.25. The molecule has 0 spiro atoms. The topological polar surface area (TPSA) is 72.2 Å². The molecule has 0 saturated carbocycles. The highest BCUT2D eigenvalue weighted by atomic mass is 35.5. The van der Waals surface area contributed by atoms with Crippen LogP contribution in [0.4, 0.5) is 5.82 Å². The summed E-state index contributed by atoms with van der Waals surface area (Å²) in [7, 11) is 0. The van der Waals surface area contributed by atoms with Crippen molar-refractivity contribution in [3.05, 3.63) is 29.7 Å². The maximum Gasteiger partial charge on any atom is 0.150 e. The molecule has 7 heteroatoms. The Morgan fingerprint density at radius 2 is 2.32 bits per heavy atom. The van der Waals surface area contributed by atoms with Gasteiger partial charge in [0.05, 0.1) is 17.8 Å². The van der Waals surface area contributed by atoms with Gasteiger partial charge in [0.2, 0.25) is 0 Å². The first kappa shape index (κ1) is 15.3. The number of aliphatic hydroxyl groups excluding tert-OH is 1. The van der Waals surface area contributed by atoms with Gasteiger partial charge in [-0.2, -0.15) is 5.10 Å². The van der Waals surface area contributed by atoms with Gasteiger partial charge in [0.15, 0.2) is 0 Å². The molecule has 0 aromatic carbocycles. The number of pyridine rings is 1. The normalized spacial score (nSPS) is 18.4. The van der Waals surface area contributed by atoms with E-state index in [0.29, 0.717) is 17.4 Å². The van der Waals surface area contributed by atoms with Crippen molar-refractivity contribution in [1.29, 1.82) is 0 Å². The lowest BCUT2D eigenvalue weighted by molar-refractivity contribution is -0.0394. The van der Waals surface area contributed by atoms with Gasteiger partial charge in [-0.05, 0) is 25.3 Å². The van der Waals surface area contributed by atoms with E-state index in [0.717, 1.165) is 37.0 Å². The van der Waals surface area contributed by atoms with Crippen LogP contribution >= 0.6 is 11.6 Å². The Kier molecular flexibility index (Phi) is 4.92. The number of anilines is 1. The molecular weight excluding hydrogens is 304 g/mol. The molecule has 2 aromatic rings. The smallest absolute Gasteiger partial charge is 0.150 e. The van der Waals surface area contributed by atoms with Gasteiger partial charge in [0.25, 0.3) is 0 Å². The number of hydrogen-bond donors (Lipinski definition) is 2. The molecule has 118 valence electrons. The van der Waals surface area contributed by atoms with Crippen LogP contribution in [0.15, 0.2) is 24.7 Å². The van der Waals surface area contributed by atoms with Gasteiger partial charge < -0.3 is 15.2 Å². The highest BCUT2D eigenvalue weighted by molar-refractivity contribution is 6.30. The van der Waals surface area contributed by atoms with E-state index in [1.807, 2.05) is 16.9 Å². The summed E-state index contributed by atoms with van der Waals surface area (Å²) in [6, 6.07) is 1.84. The zero-order chi connectivity index (χ0) is 15.4. The number of rotatable bonds is 5. The average molecular weight is 323 g/mol. The molecule has 0 amide bonds. The van der Waals surface area contributed by atoms with Gasteiger partial charge in [-0.3, -0.25) is 0 Å². The largest absolute Gasteiger partial charge is 0.395 e. The second kappa shape index (κ2) is 7.09. The number of aliphatic hydroxyl groups is 1. The van der Waals surface area contributed by atoms with E-state index in [1.165, 1.54) is 0 Å². The maximum absolute atomic E-state index is 8.97. The molecule has 0 aliphatic carbocycles. The zero-order valence-electron chi connectivity index (χ0n) is 12.2. The Bertz CT molecular complexity index is 626. The first-order valence-corrected chi connectivity index (χ1v) is 7.82. The molecule has 1 aliphatic rings. The standard InChI is InChI=1S/C15H19ClN4O2/c16-12-7-13(15(18-9-12)17-4-5-21)11-8-19-20(10-11)14-3-1-2-6-22-14/h7-10,14,21H,1-6H2,(H,17,18). The van der Waals surface area contributed by atoms with Crippen molar-refractivity contribution >= 4 is 17.4 Å². The fourth-order valence-electron chi connectivity index (χ4n) is 2.54. The van der Waals surface area contributed by atoms with E-state index in [-0.39, 0.29) is 12.8 Å². The first-order chi connectivity index (χ1) is 10.8. The SMILES string of the molecule is OCCNc1ncc(Cl)cc1-c1cnn(C2CCCCO2)c1. The molecule has 0 bridgehead atoms. The third-order valence-electron chi connectivity index (χ3n) is 3.62. The molecule has 2 aromatic heterocycles. The summed E-state index contributed by atoms with van der Waals surface area (Å²) >= 11 is 6.06. The molecule has 3 heterocycles. The highest BCUT2D eigenvalue weighted by Crippen LogP contribution is 2.30. The fraction of sp³-hybridized carbons (Fsp3) is 0.467. The van der Waals surface area contributed by atoms with Gasteiger partial charge in [0, 0.05) is 36.7 Å². The minimum absolute atomic E-state index is 0.00324. The number of nitrogens with one attached hydrogen (secondary N) is 1. The minimum atomic E-state index is 0.00324. The van der Waals surface area contributed by atoms with Crippen LogP contribution in [0.1, 0.15) is 25.5 Å². The monoisotopic (exact) mass is 322 g/mol. The first-order valence-electron chi connectivity index (χ1n) is 7.44. The molecule has 3 rings (SSSR count). The van der Waals surface area contributed by atoms with Gasteiger partial charge in [0.1, 0.15) is 12.0 Å². The summed E-state index contributed by atoms with van der Waals surface area (Å²) in [5.74, 6) is 0.683. The second-order valence-electron chi connectivity index (χ2n) is 5.23. The van der Waals surface area contributed by atoms with Crippen LogP contribution in [0.3, 0.4) is 0 Å². The molecule has 22 heavy (non-hydrogen) atoms. The molecule has 1 unspecified atom stereocenters. The quantitative estimate of drug-likeness (QED) is 0.885. The maximum atomic E-state index is 8.97. The highest BCUT2D eigenvalue weighted by Gasteiger charge is 2.18. The Labute approximate surface area is 134 Å². The molecule has 1 saturated heterocycles. The van der Waals surface area contributed by atoms with Gasteiger partial charge in [-0.25, -0.2) is 9.67 Å². The molecular formula is C15H19ClN4O2. The van der Waals surface area contributed by atoms with E-state index in [1.54, 1.807) is 12.4 Å². The number of ether oxygens (including phenoxy) is 1. The summed E-state index contributed by atoms with van der Waals surface area (Å²) in [5, 5.41) is 17.0. The van der Waals surface area contributed by atoms with Crippen molar-refractivity contribution in [2.45, 2.75) is 25.5 Å². The molecule has 1 aliphatic heterocycles. The Balaban J connectivity index is 1.86. The fourth-order valence-corrected chi connectivity index (χ4v) is 2.70. The number of halogens is 1. The van der Waals surface area contributed by atoms with Gasteiger partial charge in [-0.15, -0.1) is 0 Å². The summed E-state index contributed by atoms with van der Waals surface area (Å²) in [5.41, 5.74) is 1.78. The lowest BCUT2D eigenvalue weighted by Gasteiger charge is -2.22. The summed E-state index contributed by atoms with van der Waals surface area (Å²) in [6.07, 6.45) is 8.57. The zero-order valence-corrected chi connectivity index (χ0v) is 13.0. The third-order valence-corrected chi connectivity index (χ3v) is 3.83. The molecule has 1 atom stereocenters. The van der Waals surface area contributed by atoms with Crippen molar-refractivity contribution in [3.8, 4) is 11.1 Å².